The van der Waals surface area contributed by atoms with Gasteiger partial charge in [-0.05, 0) is 30.6 Å². The summed E-state index contributed by atoms with van der Waals surface area (Å²) in [5, 5.41) is 24.2. The van der Waals surface area contributed by atoms with Gasteiger partial charge in [-0.25, -0.2) is 0 Å². The zero-order valence-electron chi connectivity index (χ0n) is 8.73. The van der Waals surface area contributed by atoms with E-state index < -0.39 is 0 Å². The van der Waals surface area contributed by atoms with Crippen LogP contribution in [0.4, 0.5) is 0 Å². The summed E-state index contributed by atoms with van der Waals surface area (Å²) in [6.07, 6.45) is 0.839. The minimum absolute atomic E-state index is 0.0463. The van der Waals surface area contributed by atoms with Crippen molar-refractivity contribution in [3.05, 3.63) is 0 Å². The Kier molecular flexibility index (Phi) is 1.84. The van der Waals surface area contributed by atoms with Gasteiger partial charge in [-0.2, -0.15) is 0 Å². The highest BCUT2D eigenvalue weighted by Crippen LogP contribution is 2.68. The van der Waals surface area contributed by atoms with Crippen molar-refractivity contribution >= 4 is 11.4 Å². The Morgan fingerprint density at radius 2 is 2.07 bits per heavy atom. The molecule has 0 unspecified atom stereocenters. The lowest BCUT2D eigenvalue weighted by Crippen LogP contribution is -2.24. The first kappa shape index (κ1) is 9.49. The molecule has 0 saturated heterocycles. The maximum Gasteiger partial charge on any atom is 0.0665 e. The standard InChI is InChI=1S/C10H16N2O2/c1-5(11-13)8-7(12-14)4-6-9(8)10(6,2)3/h6,8-9,13-14H,4H2,1-3H3/b11-5-,12-7-/t6-,8-,9-/m0/s1. The molecule has 2 aliphatic rings. The third-order valence-electron chi connectivity index (χ3n) is 4.02. The lowest BCUT2D eigenvalue weighted by Gasteiger charge is -2.17. The van der Waals surface area contributed by atoms with Crippen molar-refractivity contribution < 1.29 is 10.4 Å². The Morgan fingerprint density at radius 3 is 2.57 bits per heavy atom. The molecule has 2 N–H and O–H groups in total. The van der Waals surface area contributed by atoms with Gasteiger partial charge in [-0.15, -0.1) is 0 Å². The summed E-state index contributed by atoms with van der Waals surface area (Å²) in [5.74, 6) is 1.13. The van der Waals surface area contributed by atoms with Crippen molar-refractivity contribution in [3.8, 4) is 0 Å². The van der Waals surface area contributed by atoms with E-state index in [0.717, 1.165) is 12.1 Å². The molecule has 0 radical (unpaired) electrons. The number of rotatable bonds is 1. The topological polar surface area (TPSA) is 65.2 Å². The predicted molar refractivity (Wildman–Crippen MR) is 53.0 cm³/mol. The molecule has 0 aromatic rings. The number of nitrogens with zero attached hydrogens (tertiary/aromatic N) is 2. The molecular weight excluding hydrogens is 180 g/mol. The van der Waals surface area contributed by atoms with Gasteiger partial charge in [-0.3, -0.25) is 0 Å². The second kappa shape index (κ2) is 2.72. The van der Waals surface area contributed by atoms with Gasteiger partial charge < -0.3 is 10.4 Å². The smallest absolute Gasteiger partial charge is 0.0665 e. The molecule has 0 spiro atoms. The predicted octanol–water partition coefficient (Wildman–Crippen LogP) is 1.96. The Labute approximate surface area is 83.3 Å². The molecule has 0 bridgehead atoms. The van der Waals surface area contributed by atoms with Gasteiger partial charge in [0.05, 0.1) is 11.4 Å². The van der Waals surface area contributed by atoms with Gasteiger partial charge in [-0.1, -0.05) is 24.2 Å². The summed E-state index contributed by atoms with van der Waals surface area (Å²) in [6.45, 7) is 6.22. The zero-order chi connectivity index (χ0) is 10.5. The van der Waals surface area contributed by atoms with Crippen LogP contribution in [0.2, 0.25) is 0 Å². The number of fused-ring (bicyclic) bond motifs is 1. The van der Waals surface area contributed by atoms with Gasteiger partial charge in [0.2, 0.25) is 0 Å². The second-order valence-corrected chi connectivity index (χ2v) is 4.97. The molecule has 2 rings (SSSR count). The largest absolute Gasteiger partial charge is 0.411 e. The van der Waals surface area contributed by atoms with E-state index in [-0.39, 0.29) is 5.92 Å². The Bertz CT molecular complexity index is 320. The first-order valence-electron chi connectivity index (χ1n) is 4.93. The van der Waals surface area contributed by atoms with E-state index in [1.807, 2.05) is 0 Å². The molecule has 0 heterocycles. The third-order valence-corrected chi connectivity index (χ3v) is 4.02. The molecule has 0 amide bonds. The summed E-state index contributed by atoms with van der Waals surface area (Å²) in [7, 11) is 0. The average molecular weight is 196 g/mol. The Morgan fingerprint density at radius 1 is 1.43 bits per heavy atom. The number of hydrogen-bond donors (Lipinski definition) is 2. The molecule has 2 fully saturated rings. The fourth-order valence-electron chi connectivity index (χ4n) is 3.06. The fraction of sp³-hybridized carbons (Fsp3) is 0.800. The monoisotopic (exact) mass is 196 g/mol. The summed E-state index contributed by atoms with van der Waals surface area (Å²) in [6, 6.07) is 0. The van der Waals surface area contributed by atoms with Crippen LogP contribution in [0.25, 0.3) is 0 Å². The summed E-state index contributed by atoms with van der Waals surface area (Å²) in [4.78, 5) is 0. The van der Waals surface area contributed by atoms with E-state index in [1.54, 1.807) is 6.92 Å². The highest BCUT2D eigenvalue weighted by atomic mass is 16.4. The van der Waals surface area contributed by atoms with Crippen LogP contribution in [-0.4, -0.2) is 21.8 Å². The van der Waals surface area contributed by atoms with Crippen LogP contribution in [0.5, 0.6) is 0 Å². The van der Waals surface area contributed by atoms with Crippen LogP contribution in [-0.2, 0) is 0 Å². The Hall–Kier alpha value is -1.06. The second-order valence-electron chi connectivity index (χ2n) is 4.97. The number of oxime groups is 2. The normalized spacial score (nSPS) is 42.6. The van der Waals surface area contributed by atoms with E-state index in [9.17, 15) is 0 Å². The Balaban J connectivity index is 2.28. The van der Waals surface area contributed by atoms with E-state index in [2.05, 4.69) is 24.2 Å². The van der Waals surface area contributed by atoms with Gasteiger partial charge in [0.15, 0.2) is 0 Å². The summed E-state index contributed by atoms with van der Waals surface area (Å²) >= 11 is 0. The van der Waals surface area contributed by atoms with Crippen LogP contribution in [0, 0.1) is 23.2 Å². The van der Waals surface area contributed by atoms with Gasteiger partial charge in [0.25, 0.3) is 0 Å². The van der Waals surface area contributed by atoms with Crippen LogP contribution >= 0.6 is 0 Å². The first-order chi connectivity index (χ1) is 6.54. The zero-order valence-corrected chi connectivity index (χ0v) is 8.73. The fourth-order valence-corrected chi connectivity index (χ4v) is 3.06. The quantitative estimate of drug-likeness (QED) is 0.382. The van der Waals surface area contributed by atoms with E-state index in [1.165, 1.54) is 0 Å². The van der Waals surface area contributed by atoms with E-state index in [4.69, 9.17) is 10.4 Å². The molecule has 3 atom stereocenters. The van der Waals surface area contributed by atoms with Crippen LogP contribution in [0.3, 0.4) is 0 Å². The number of hydrogen-bond acceptors (Lipinski definition) is 4. The molecule has 2 aliphatic carbocycles. The molecule has 2 saturated carbocycles. The highest BCUT2D eigenvalue weighted by molar-refractivity contribution is 6.09. The maximum atomic E-state index is 8.84. The van der Waals surface area contributed by atoms with Gasteiger partial charge in [0, 0.05) is 5.92 Å². The van der Waals surface area contributed by atoms with Crippen LogP contribution < -0.4 is 0 Å². The lowest BCUT2D eigenvalue weighted by molar-refractivity contribution is 0.308. The molecule has 4 nitrogen and oxygen atoms in total. The minimum Gasteiger partial charge on any atom is -0.411 e. The molecular formula is C10H16N2O2. The van der Waals surface area contributed by atoms with Gasteiger partial charge >= 0.3 is 0 Å². The first-order valence-corrected chi connectivity index (χ1v) is 4.93. The lowest BCUT2D eigenvalue weighted by atomic mass is 9.88. The summed E-state index contributed by atoms with van der Waals surface area (Å²) < 4.78 is 0. The average Bonchev–Trinajstić information content (AvgIpc) is 2.57. The van der Waals surface area contributed by atoms with Gasteiger partial charge in [0.1, 0.15) is 0 Å². The van der Waals surface area contributed by atoms with Crippen molar-refractivity contribution in [1.29, 1.82) is 0 Å². The van der Waals surface area contributed by atoms with E-state index in [0.29, 0.717) is 23.0 Å². The van der Waals surface area contributed by atoms with Crippen LogP contribution in [0.15, 0.2) is 10.3 Å². The molecule has 78 valence electrons. The summed E-state index contributed by atoms with van der Waals surface area (Å²) in [5.41, 5.74) is 1.75. The van der Waals surface area contributed by atoms with Crippen molar-refractivity contribution in [2.24, 2.45) is 33.5 Å². The molecule has 0 aliphatic heterocycles. The van der Waals surface area contributed by atoms with E-state index >= 15 is 0 Å². The van der Waals surface area contributed by atoms with Crippen molar-refractivity contribution in [2.75, 3.05) is 0 Å². The molecule has 4 heteroatoms. The van der Waals surface area contributed by atoms with Crippen molar-refractivity contribution in [2.45, 2.75) is 27.2 Å². The molecule has 0 aromatic heterocycles. The minimum atomic E-state index is 0.0463. The van der Waals surface area contributed by atoms with Crippen LogP contribution in [0.1, 0.15) is 27.2 Å². The maximum absolute atomic E-state index is 8.84. The van der Waals surface area contributed by atoms with Crippen molar-refractivity contribution in [3.63, 3.8) is 0 Å². The third kappa shape index (κ3) is 0.996. The molecule has 0 aromatic carbocycles. The SMILES string of the molecule is C/C(=N/O)[C@H]1/C(=N\O)C[C@H]2[C@@H]1C2(C)C. The highest BCUT2D eigenvalue weighted by Gasteiger charge is 2.67. The molecule has 14 heavy (non-hydrogen) atoms. The van der Waals surface area contributed by atoms with Crippen molar-refractivity contribution in [1.82, 2.24) is 0 Å².